The van der Waals surface area contributed by atoms with Crippen molar-refractivity contribution in [1.82, 2.24) is 5.32 Å². The van der Waals surface area contributed by atoms with Gasteiger partial charge in [0.15, 0.2) is 0 Å². The smallest absolute Gasteiger partial charge is 0.137 e. The molecule has 0 radical (unpaired) electrons. The van der Waals surface area contributed by atoms with Gasteiger partial charge in [-0.2, -0.15) is 0 Å². The van der Waals surface area contributed by atoms with Crippen molar-refractivity contribution in [1.29, 1.82) is 0 Å². The molecule has 2 saturated carbocycles. The lowest BCUT2D eigenvalue weighted by Crippen LogP contribution is -2.31. The molecule has 0 amide bonds. The summed E-state index contributed by atoms with van der Waals surface area (Å²) in [6.45, 7) is 3.14. The normalized spacial score (nSPS) is 28.9. The molecular formula is C17H23BrClNO. The van der Waals surface area contributed by atoms with E-state index in [0.29, 0.717) is 12.0 Å². The summed E-state index contributed by atoms with van der Waals surface area (Å²) in [5, 5.41) is 4.46. The highest BCUT2D eigenvalue weighted by molar-refractivity contribution is 9.10. The van der Waals surface area contributed by atoms with Crippen molar-refractivity contribution in [3.05, 3.63) is 27.2 Å². The highest BCUT2D eigenvalue weighted by Crippen LogP contribution is 2.54. The van der Waals surface area contributed by atoms with E-state index in [4.69, 9.17) is 16.3 Å². The molecule has 2 aliphatic carbocycles. The van der Waals surface area contributed by atoms with Crippen LogP contribution >= 0.6 is 27.5 Å². The first-order chi connectivity index (χ1) is 10.1. The standard InChI is InChI=1S/C17H23BrClNO/c1-3-20-16(13-7-10-4-5-11(13)6-10)14-8-12(19)9-15(18)17(14)21-2/h8-11,13,16,20H,3-7H2,1-2H3. The number of fused-ring (bicyclic) bond motifs is 2. The van der Waals surface area contributed by atoms with E-state index < -0.39 is 0 Å². The topological polar surface area (TPSA) is 21.3 Å². The minimum Gasteiger partial charge on any atom is -0.495 e. The molecule has 21 heavy (non-hydrogen) atoms. The van der Waals surface area contributed by atoms with Gasteiger partial charge in [-0.3, -0.25) is 0 Å². The summed E-state index contributed by atoms with van der Waals surface area (Å²) < 4.78 is 6.60. The van der Waals surface area contributed by atoms with Gasteiger partial charge in [-0.25, -0.2) is 0 Å². The molecule has 0 saturated heterocycles. The van der Waals surface area contributed by atoms with Gasteiger partial charge < -0.3 is 10.1 Å². The summed E-state index contributed by atoms with van der Waals surface area (Å²) in [6.07, 6.45) is 5.57. The first-order valence-electron chi connectivity index (χ1n) is 7.90. The number of nitrogens with one attached hydrogen (secondary N) is 1. The van der Waals surface area contributed by atoms with E-state index in [-0.39, 0.29) is 0 Å². The zero-order chi connectivity index (χ0) is 15.0. The van der Waals surface area contributed by atoms with E-state index in [0.717, 1.165) is 33.6 Å². The lowest BCUT2D eigenvalue weighted by atomic mass is 9.80. The molecule has 2 fully saturated rings. The third-order valence-corrected chi connectivity index (χ3v) is 6.03. The van der Waals surface area contributed by atoms with Gasteiger partial charge in [0, 0.05) is 16.6 Å². The summed E-state index contributed by atoms with van der Waals surface area (Å²) in [6, 6.07) is 4.33. The van der Waals surface area contributed by atoms with Crippen molar-refractivity contribution >= 4 is 27.5 Å². The van der Waals surface area contributed by atoms with E-state index in [1.807, 2.05) is 6.07 Å². The Morgan fingerprint density at radius 3 is 2.76 bits per heavy atom. The van der Waals surface area contributed by atoms with Gasteiger partial charge in [0.2, 0.25) is 0 Å². The summed E-state index contributed by atoms with van der Waals surface area (Å²) in [7, 11) is 1.74. The Labute approximate surface area is 140 Å². The zero-order valence-electron chi connectivity index (χ0n) is 12.7. The lowest BCUT2D eigenvalue weighted by molar-refractivity contribution is 0.248. The van der Waals surface area contributed by atoms with Gasteiger partial charge in [0.25, 0.3) is 0 Å². The summed E-state index contributed by atoms with van der Waals surface area (Å²) in [5.41, 5.74) is 1.20. The Kier molecular flexibility index (Phi) is 4.82. The van der Waals surface area contributed by atoms with Crippen LogP contribution in [0.5, 0.6) is 5.75 Å². The number of hydrogen-bond acceptors (Lipinski definition) is 2. The van der Waals surface area contributed by atoms with Crippen molar-refractivity contribution in [3.8, 4) is 5.75 Å². The predicted molar refractivity (Wildman–Crippen MR) is 91.1 cm³/mol. The predicted octanol–water partition coefficient (Wildman–Crippen LogP) is 5.20. The lowest BCUT2D eigenvalue weighted by Gasteiger charge is -2.32. The number of ether oxygens (including phenoxy) is 1. The van der Waals surface area contributed by atoms with Crippen LogP contribution in [0.4, 0.5) is 0 Å². The maximum Gasteiger partial charge on any atom is 0.137 e. The van der Waals surface area contributed by atoms with Gasteiger partial charge in [-0.05, 0) is 71.6 Å². The molecule has 0 heterocycles. The summed E-state index contributed by atoms with van der Waals surface area (Å²) >= 11 is 9.89. The molecule has 2 bridgehead atoms. The minimum atomic E-state index is 0.343. The number of halogens is 2. The van der Waals surface area contributed by atoms with Crippen molar-refractivity contribution in [3.63, 3.8) is 0 Å². The largest absolute Gasteiger partial charge is 0.495 e. The van der Waals surface area contributed by atoms with Gasteiger partial charge in [-0.1, -0.05) is 24.9 Å². The SMILES string of the molecule is CCNC(c1cc(Cl)cc(Br)c1OC)C1CC2CCC1C2. The first kappa shape index (κ1) is 15.6. The van der Waals surface area contributed by atoms with Crippen LogP contribution < -0.4 is 10.1 Å². The fraction of sp³-hybridized carbons (Fsp3) is 0.647. The molecular weight excluding hydrogens is 350 g/mol. The van der Waals surface area contributed by atoms with Crippen LogP contribution in [-0.4, -0.2) is 13.7 Å². The molecule has 3 rings (SSSR count). The van der Waals surface area contributed by atoms with Crippen LogP contribution in [-0.2, 0) is 0 Å². The highest BCUT2D eigenvalue weighted by atomic mass is 79.9. The van der Waals surface area contributed by atoms with Crippen LogP contribution in [0.3, 0.4) is 0 Å². The fourth-order valence-electron chi connectivity index (χ4n) is 4.44. The minimum absolute atomic E-state index is 0.343. The Balaban J connectivity index is 1.97. The van der Waals surface area contributed by atoms with E-state index in [2.05, 4.69) is 34.2 Å². The monoisotopic (exact) mass is 371 g/mol. The average Bonchev–Trinajstić information content (AvgIpc) is 3.06. The molecule has 0 spiro atoms. The van der Waals surface area contributed by atoms with Gasteiger partial charge >= 0.3 is 0 Å². The van der Waals surface area contributed by atoms with E-state index >= 15 is 0 Å². The van der Waals surface area contributed by atoms with Crippen molar-refractivity contribution in [2.24, 2.45) is 17.8 Å². The van der Waals surface area contributed by atoms with E-state index in [9.17, 15) is 0 Å². The Bertz CT molecular complexity index is 522. The quantitative estimate of drug-likeness (QED) is 0.767. The molecule has 2 aliphatic rings. The van der Waals surface area contributed by atoms with Crippen LogP contribution in [0.15, 0.2) is 16.6 Å². The molecule has 1 aromatic carbocycles. The number of hydrogen-bond donors (Lipinski definition) is 1. The van der Waals surface area contributed by atoms with Crippen molar-refractivity contribution < 1.29 is 4.74 Å². The van der Waals surface area contributed by atoms with Crippen LogP contribution in [0.2, 0.25) is 5.02 Å². The maximum absolute atomic E-state index is 6.30. The number of rotatable bonds is 5. The molecule has 2 nitrogen and oxygen atoms in total. The fourth-order valence-corrected chi connectivity index (χ4v) is 5.44. The number of benzene rings is 1. The molecule has 116 valence electrons. The molecule has 4 heteroatoms. The summed E-state index contributed by atoms with van der Waals surface area (Å²) in [5.74, 6) is 3.44. The molecule has 0 aliphatic heterocycles. The van der Waals surface area contributed by atoms with Crippen LogP contribution in [0, 0.1) is 17.8 Å². The van der Waals surface area contributed by atoms with Crippen LogP contribution in [0.1, 0.15) is 44.2 Å². The maximum atomic E-state index is 6.30. The third-order valence-electron chi connectivity index (χ3n) is 5.22. The van der Waals surface area contributed by atoms with E-state index in [1.165, 1.54) is 31.2 Å². The Morgan fingerprint density at radius 2 is 2.19 bits per heavy atom. The second kappa shape index (κ2) is 6.47. The van der Waals surface area contributed by atoms with Gasteiger partial charge in [0.05, 0.1) is 11.6 Å². The molecule has 1 N–H and O–H groups in total. The van der Waals surface area contributed by atoms with Gasteiger partial charge in [-0.15, -0.1) is 0 Å². The highest BCUT2D eigenvalue weighted by Gasteiger charge is 2.44. The second-order valence-corrected chi connectivity index (χ2v) is 7.67. The average molecular weight is 373 g/mol. The van der Waals surface area contributed by atoms with Crippen molar-refractivity contribution in [2.45, 2.75) is 38.6 Å². The zero-order valence-corrected chi connectivity index (χ0v) is 15.0. The van der Waals surface area contributed by atoms with Crippen LogP contribution in [0.25, 0.3) is 0 Å². The van der Waals surface area contributed by atoms with E-state index in [1.54, 1.807) is 7.11 Å². The molecule has 4 unspecified atom stereocenters. The van der Waals surface area contributed by atoms with Crippen molar-refractivity contribution in [2.75, 3.05) is 13.7 Å². The molecule has 0 aromatic heterocycles. The number of methoxy groups -OCH3 is 1. The van der Waals surface area contributed by atoms with Gasteiger partial charge in [0.1, 0.15) is 5.75 Å². The molecule has 4 atom stereocenters. The Morgan fingerprint density at radius 1 is 1.38 bits per heavy atom. The first-order valence-corrected chi connectivity index (χ1v) is 9.07. The Hall–Kier alpha value is -0.250. The molecule has 1 aromatic rings. The second-order valence-electron chi connectivity index (χ2n) is 6.38. The third kappa shape index (κ3) is 2.97. The summed E-state index contributed by atoms with van der Waals surface area (Å²) in [4.78, 5) is 0.